The van der Waals surface area contributed by atoms with E-state index in [1.54, 1.807) is 13.1 Å². The van der Waals surface area contributed by atoms with Gasteiger partial charge in [0.25, 0.3) is 0 Å². The number of benzene rings is 2. The number of carbonyl (C=O) groups excluding carboxylic acids is 2. The van der Waals surface area contributed by atoms with Gasteiger partial charge in [-0.2, -0.15) is 0 Å². The van der Waals surface area contributed by atoms with E-state index in [0.717, 1.165) is 23.3 Å². The van der Waals surface area contributed by atoms with Gasteiger partial charge in [-0.15, -0.1) is 0 Å². The number of hydrogen-bond donors (Lipinski definition) is 0. The van der Waals surface area contributed by atoms with Crippen LogP contribution in [0.15, 0.2) is 71.6 Å². The molecule has 1 atom stereocenters. The number of carbonyl (C=O) groups is 2. The van der Waals surface area contributed by atoms with Crippen molar-refractivity contribution >= 4 is 11.7 Å². The second-order valence-electron chi connectivity index (χ2n) is 7.10. The van der Waals surface area contributed by atoms with Gasteiger partial charge in [0, 0.05) is 35.0 Å². The highest BCUT2D eigenvalue weighted by molar-refractivity contribution is 6.13. The molecule has 2 heterocycles. The van der Waals surface area contributed by atoms with Crippen molar-refractivity contribution in [1.29, 1.82) is 0 Å². The van der Waals surface area contributed by atoms with Crippen molar-refractivity contribution in [3.63, 3.8) is 0 Å². The van der Waals surface area contributed by atoms with E-state index in [-0.39, 0.29) is 18.1 Å². The van der Waals surface area contributed by atoms with Gasteiger partial charge in [0.1, 0.15) is 5.92 Å². The molecule has 0 bridgehead atoms. The minimum Gasteiger partial charge on any atom is -0.294 e. The number of rotatable bonds is 2. The highest BCUT2D eigenvalue weighted by Crippen LogP contribution is 2.35. The van der Waals surface area contributed by atoms with Gasteiger partial charge in [0.05, 0.1) is 0 Å². The Hall–Kier alpha value is -3.52. The first-order valence-corrected chi connectivity index (χ1v) is 9.23. The summed E-state index contributed by atoms with van der Waals surface area (Å²) in [6.07, 6.45) is 2.11. The molecule has 0 saturated heterocycles. The predicted molar refractivity (Wildman–Crippen MR) is 104 cm³/mol. The van der Waals surface area contributed by atoms with Crippen molar-refractivity contribution in [2.45, 2.75) is 19.8 Å². The minimum atomic E-state index is -0.995. The van der Waals surface area contributed by atoms with Crippen molar-refractivity contribution in [1.82, 2.24) is 4.90 Å². The zero-order valence-corrected chi connectivity index (χ0v) is 15.7. The third kappa shape index (κ3) is 3.62. The fourth-order valence-corrected chi connectivity index (χ4v) is 3.57. The van der Waals surface area contributed by atoms with Crippen LogP contribution in [-0.2, 0) is 16.0 Å². The molecule has 0 aromatic heterocycles. The van der Waals surface area contributed by atoms with Crippen LogP contribution in [0.25, 0.3) is 0 Å². The average Bonchev–Trinajstić information content (AvgIpc) is 3.16. The van der Waals surface area contributed by atoms with E-state index >= 15 is 0 Å². The Balaban J connectivity index is 1.60. The third-order valence-electron chi connectivity index (χ3n) is 5.15. The van der Waals surface area contributed by atoms with E-state index in [1.807, 2.05) is 30.3 Å². The Morgan fingerprint density at radius 2 is 1.79 bits per heavy atom. The second-order valence-corrected chi connectivity index (χ2v) is 7.10. The van der Waals surface area contributed by atoms with Crippen LogP contribution in [-0.4, -0.2) is 16.6 Å². The summed E-state index contributed by atoms with van der Waals surface area (Å²) in [7, 11) is 0. The van der Waals surface area contributed by atoms with E-state index in [0.29, 0.717) is 23.3 Å². The number of Topliss-reactive ketones (excluding diaryl/α,β-unsaturated/α-hetero) is 1. The lowest BCUT2D eigenvalue weighted by Crippen LogP contribution is -2.41. The molecule has 0 fully saturated rings. The summed E-state index contributed by atoms with van der Waals surface area (Å²) < 4.78 is 26.7. The van der Waals surface area contributed by atoms with Gasteiger partial charge in [-0.3, -0.25) is 14.5 Å². The maximum absolute atomic E-state index is 13.5. The predicted octanol–water partition coefficient (Wildman–Crippen LogP) is 4.15. The molecule has 0 aliphatic carbocycles. The lowest BCUT2D eigenvalue weighted by molar-refractivity contribution is -0.138. The van der Waals surface area contributed by atoms with Crippen LogP contribution >= 0.6 is 0 Å². The van der Waals surface area contributed by atoms with Crippen molar-refractivity contribution in [3.05, 3.63) is 94.3 Å². The molecule has 4 rings (SSSR count). The molecule has 2 aromatic rings. The van der Waals surface area contributed by atoms with Crippen molar-refractivity contribution < 1.29 is 18.4 Å². The van der Waals surface area contributed by atoms with E-state index in [1.165, 1.54) is 11.0 Å². The molecular weight excluding hydrogens is 372 g/mol. The molecule has 144 valence electrons. The fourth-order valence-electron chi connectivity index (χ4n) is 3.57. The zero-order chi connectivity index (χ0) is 20.5. The van der Waals surface area contributed by atoms with Crippen LogP contribution in [0.5, 0.6) is 0 Å². The number of hydrogen-bond acceptors (Lipinski definition) is 2. The fraction of sp³-hybridized carbons (Fsp3) is 0.167. The lowest BCUT2D eigenvalue weighted by atomic mass is 9.86. The summed E-state index contributed by atoms with van der Waals surface area (Å²) in [4.78, 5) is 27.2. The summed E-state index contributed by atoms with van der Waals surface area (Å²) in [6.45, 7) is 1.69. The summed E-state index contributed by atoms with van der Waals surface area (Å²) >= 11 is 0. The van der Waals surface area contributed by atoms with Crippen LogP contribution in [0.4, 0.5) is 8.78 Å². The molecule has 0 saturated carbocycles. The average molecular weight is 389 g/mol. The molecular formula is C24H17F2NO2. The molecule has 1 amide bonds. The molecule has 0 N–H and O–H groups in total. The standard InChI is InChI=1S/C24H17F2NO2/c1-15-22-13-18(8-7-16-5-3-2-4-6-16)14-27(22)24(29)19(23(15)28)11-17-9-10-20(25)21(26)12-17/h2-6,9-10,12,14,19H,11,13H2,1H3. The SMILES string of the molecule is CC1=C2CC(C#Cc3ccccc3)=CN2C(=O)C(Cc2ccc(F)c(F)c2)C1=O. The normalized spacial score (nSPS) is 18.4. The van der Waals surface area contributed by atoms with Gasteiger partial charge < -0.3 is 0 Å². The van der Waals surface area contributed by atoms with Crippen molar-refractivity contribution in [2.24, 2.45) is 5.92 Å². The number of amides is 1. The summed E-state index contributed by atoms with van der Waals surface area (Å²) in [5.41, 5.74) is 3.16. The van der Waals surface area contributed by atoms with E-state index in [4.69, 9.17) is 0 Å². The summed E-state index contributed by atoms with van der Waals surface area (Å²) in [5, 5.41) is 0. The monoisotopic (exact) mass is 389 g/mol. The quantitative estimate of drug-likeness (QED) is 0.572. The summed E-state index contributed by atoms with van der Waals surface area (Å²) in [5.74, 6) is 2.57. The molecule has 1 unspecified atom stereocenters. The van der Waals surface area contributed by atoms with Crippen LogP contribution in [0.2, 0.25) is 0 Å². The van der Waals surface area contributed by atoms with Crippen LogP contribution in [0, 0.1) is 29.4 Å². The smallest absolute Gasteiger partial charge is 0.242 e. The maximum Gasteiger partial charge on any atom is 0.242 e. The third-order valence-corrected chi connectivity index (χ3v) is 5.15. The number of nitrogens with zero attached hydrogens (tertiary/aromatic N) is 1. The van der Waals surface area contributed by atoms with Gasteiger partial charge in [-0.25, -0.2) is 8.78 Å². The number of allylic oxidation sites excluding steroid dienone is 2. The maximum atomic E-state index is 13.5. The van der Waals surface area contributed by atoms with Gasteiger partial charge in [-0.1, -0.05) is 36.1 Å². The molecule has 0 radical (unpaired) electrons. The lowest BCUT2D eigenvalue weighted by Gasteiger charge is -2.29. The van der Waals surface area contributed by atoms with Crippen molar-refractivity contribution in [2.75, 3.05) is 0 Å². The van der Waals surface area contributed by atoms with Crippen LogP contribution in [0.3, 0.4) is 0 Å². The van der Waals surface area contributed by atoms with Crippen LogP contribution < -0.4 is 0 Å². The van der Waals surface area contributed by atoms with Crippen molar-refractivity contribution in [3.8, 4) is 11.8 Å². The van der Waals surface area contributed by atoms with Crippen LogP contribution in [0.1, 0.15) is 24.5 Å². The van der Waals surface area contributed by atoms with Gasteiger partial charge >= 0.3 is 0 Å². The summed E-state index contributed by atoms with van der Waals surface area (Å²) in [6, 6.07) is 12.9. The minimum absolute atomic E-state index is 0.0227. The molecule has 2 aromatic carbocycles. The van der Waals surface area contributed by atoms with E-state index in [9.17, 15) is 18.4 Å². The first-order valence-electron chi connectivity index (χ1n) is 9.23. The number of halogens is 2. The van der Waals surface area contributed by atoms with E-state index in [2.05, 4.69) is 11.8 Å². The highest BCUT2D eigenvalue weighted by Gasteiger charge is 2.41. The molecule has 0 spiro atoms. The topological polar surface area (TPSA) is 37.4 Å². The number of fused-ring (bicyclic) bond motifs is 1. The Bertz CT molecular complexity index is 1140. The number of ketones is 1. The van der Waals surface area contributed by atoms with E-state index < -0.39 is 17.6 Å². The largest absolute Gasteiger partial charge is 0.294 e. The zero-order valence-electron chi connectivity index (χ0n) is 15.7. The second kappa shape index (κ2) is 7.48. The highest BCUT2D eigenvalue weighted by atomic mass is 19.2. The Kier molecular flexibility index (Phi) is 4.85. The molecule has 29 heavy (non-hydrogen) atoms. The van der Waals surface area contributed by atoms with Gasteiger partial charge in [0.2, 0.25) is 5.91 Å². The Morgan fingerprint density at radius 1 is 1.03 bits per heavy atom. The first kappa shape index (κ1) is 18.8. The Morgan fingerprint density at radius 3 is 2.52 bits per heavy atom. The first-order chi connectivity index (χ1) is 13.9. The molecule has 2 aliphatic heterocycles. The Labute approximate surface area is 167 Å². The molecule has 3 nitrogen and oxygen atoms in total. The van der Waals surface area contributed by atoms with Gasteiger partial charge in [-0.05, 0) is 43.2 Å². The molecule has 5 heteroatoms. The van der Waals surface area contributed by atoms with Gasteiger partial charge in [0.15, 0.2) is 17.4 Å². The molecule has 2 aliphatic rings.